The van der Waals surface area contributed by atoms with E-state index in [9.17, 15) is 13.2 Å². The Labute approximate surface area is 177 Å². The van der Waals surface area contributed by atoms with Gasteiger partial charge in [0, 0.05) is 37.5 Å². The van der Waals surface area contributed by atoms with E-state index in [0.29, 0.717) is 37.6 Å². The van der Waals surface area contributed by atoms with Crippen LogP contribution in [0.1, 0.15) is 34.8 Å². The number of esters is 1. The maximum atomic E-state index is 12.7. The predicted octanol–water partition coefficient (Wildman–Crippen LogP) is 2.77. The molecule has 11 heteroatoms. The predicted molar refractivity (Wildman–Crippen MR) is 108 cm³/mol. The molecule has 158 valence electrons. The van der Waals surface area contributed by atoms with Crippen LogP contribution in [0.2, 0.25) is 0 Å². The summed E-state index contributed by atoms with van der Waals surface area (Å²) in [5.41, 5.74) is 0.753. The van der Waals surface area contributed by atoms with Gasteiger partial charge in [0.15, 0.2) is 0 Å². The second-order valence-electron chi connectivity index (χ2n) is 6.72. The minimum absolute atomic E-state index is 0.0254. The summed E-state index contributed by atoms with van der Waals surface area (Å²) in [6.07, 6.45) is 5.88. The van der Waals surface area contributed by atoms with Gasteiger partial charge in [0.2, 0.25) is 21.7 Å². The van der Waals surface area contributed by atoms with Gasteiger partial charge in [-0.2, -0.15) is 9.29 Å². The van der Waals surface area contributed by atoms with Crippen LogP contribution >= 0.6 is 11.3 Å². The Balaban J connectivity index is 1.31. The SMILES string of the molecule is O=C(OCCCc1nc(-c2cccnc2)no1)c1sccc1S(=O)(=O)N1CCCC1. The highest BCUT2D eigenvalue weighted by Gasteiger charge is 2.32. The van der Waals surface area contributed by atoms with Crippen molar-refractivity contribution >= 4 is 27.3 Å². The molecule has 0 aliphatic carbocycles. The third kappa shape index (κ3) is 4.42. The molecule has 30 heavy (non-hydrogen) atoms. The first kappa shape index (κ1) is 20.6. The number of hydrogen-bond acceptors (Lipinski definition) is 9. The number of nitrogens with zero attached hydrogens (tertiary/aromatic N) is 4. The third-order valence-electron chi connectivity index (χ3n) is 4.65. The lowest BCUT2D eigenvalue weighted by Gasteiger charge is -2.15. The zero-order valence-corrected chi connectivity index (χ0v) is 17.7. The van der Waals surface area contributed by atoms with E-state index in [1.807, 2.05) is 6.07 Å². The first-order valence-electron chi connectivity index (χ1n) is 9.53. The number of aromatic nitrogens is 3. The number of sulfonamides is 1. The molecular formula is C19H20N4O5S2. The minimum Gasteiger partial charge on any atom is -0.461 e. The fourth-order valence-corrected chi connectivity index (χ4v) is 5.94. The van der Waals surface area contributed by atoms with Gasteiger partial charge in [0.1, 0.15) is 9.77 Å². The number of carbonyl (C=O) groups excluding carboxylic acids is 1. The lowest BCUT2D eigenvalue weighted by molar-refractivity contribution is 0.0500. The molecule has 0 amide bonds. The van der Waals surface area contributed by atoms with Gasteiger partial charge in [-0.15, -0.1) is 11.3 Å². The van der Waals surface area contributed by atoms with Crippen LogP contribution in [0, 0.1) is 0 Å². The number of rotatable bonds is 8. The number of ether oxygens (including phenoxy) is 1. The van der Waals surface area contributed by atoms with Crippen LogP contribution in [0.3, 0.4) is 0 Å². The van der Waals surface area contributed by atoms with Crippen molar-refractivity contribution in [1.29, 1.82) is 0 Å². The monoisotopic (exact) mass is 448 g/mol. The molecule has 9 nitrogen and oxygen atoms in total. The molecule has 4 rings (SSSR count). The fourth-order valence-electron chi connectivity index (χ4n) is 3.14. The summed E-state index contributed by atoms with van der Waals surface area (Å²) in [5, 5.41) is 5.51. The first-order valence-corrected chi connectivity index (χ1v) is 11.9. The second-order valence-corrected chi connectivity index (χ2v) is 9.54. The Hall–Kier alpha value is -2.63. The number of hydrogen-bond donors (Lipinski definition) is 0. The van der Waals surface area contributed by atoms with E-state index in [1.54, 1.807) is 23.8 Å². The van der Waals surface area contributed by atoms with Crippen molar-refractivity contribution in [3.05, 3.63) is 46.7 Å². The summed E-state index contributed by atoms with van der Waals surface area (Å²) in [6.45, 7) is 1.08. The van der Waals surface area contributed by atoms with Crippen molar-refractivity contribution in [1.82, 2.24) is 19.4 Å². The third-order valence-corrected chi connectivity index (χ3v) is 7.62. The highest BCUT2D eigenvalue weighted by molar-refractivity contribution is 7.89. The molecular weight excluding hydrogens is 428 g/mol. The van der Waals surface area contributed by atoms with Crippen LogP contribution in [0.15, 0.2) is 45.4 Å². The average Bonchev–Trinajstić information content (AvgIpc) is 3.53. The fraction of sp³-hybridized carbons (Fsp3) is 0.368. The van der Waals surface area contributed by atoms with E-state index in [0.717, 1.165) is 29.7 Å². The van der Waals surface area contributed by atoms with Crippen LogP contribution in [-0.4, -0.2) is 53.5 Å². The van der Waals surface area contributed by atoms with Crippen molar-refractivity contribution < 1.29 is 22.5 Å². The summed E-state index contributed by atoms with van der Waals surface area (Å²) in [6, 6.07) is 5.08. The average molecular weight is 449 g/mol. The van der Waals surface area contributed by atoms with Gasteiger partial charge in [-0.3, -0.25) is 4.98 Å². The minimum atomic E-state index is -3.66. The molecule has 0 unspecified atom stereocenters. The highest BCUT2D eigenvalue weighted by atomic mass is 32.2. The highest BCUT2D eigenvalue weighted by Crippen LogP contribution is 2.28. The number of carbonyl (C=O) groups is 1. The molecule has 3 aromatic rings. The van der Waals surface area contributed by atoms with E-state index in [2.05, 4.69) is 15.1 Å². The topological polar surface area (TPSA) is 115 Å². The van der Waals surface area contributed by atoms with Gasteiger partial charge < -0.3 is 9.26 Å². The molecule has 0 aromatic carbocycles. The summed E-state index contributed by atoms with van der Waals surface area (Å²) in [4.78, 5) is 20.9. The quantitative estimate of drug-likeness (QED) is 0.382. The Bertz CT molecular complexity index is 1100. The molecule has 0 saturated carbocycles. The summed E-state index contributed by atoms with van der Waals surface area (Å²) >= 11 is 1.07. The van der Waals surface area contributed by atoms with Gasteiger partial charge in [-0.05, 0) is 42.8 Å². The molecule has 3 aromatic heterocycles. The normalized spacial score (nSPS) is 14.8. The van der Waals surface area contributed by atoms with Crippen LogP contribution in [0.25, 0.3) is 11.4 Å². The number of pyridine rings is 1. The Morgan fingerprint density at radius 1 is 1.27 bits per heavy atom. The zero-order valence-electron chi connectivity index (χ0n) is 16.1. The molecule has 0 atom stereocenters. The molecule has 0 spiro atoms. The largest absolute Gasteiger partial charge is 0.461 e. The molecule has 1 fully saturated rings. The Morgan fingerprint density at radius 3 is 2.87 bits per heavy atom. The van der Waals surface area contributed by atoms with Gasteiger partial charge >= 0.3 is 5.97 Å². The molecule has 4 heterocycles. The van der Waals surface area contributed by atoms with Crippen molar-refractivity contribution in [2.24, 2.45) is 0 Å². The van der Waals surface area contributed by atoms with Gasteiger partial charge in [-0.1, -0.05) is 5.16 Å². The molecule has 1 aliphatic heterocycles. The number of thiophene rings is 1. The Kier molecular flexibility index (Phi) is 6.21. The van der Waals surface area contributed by atoms with Gasteiger partial charge in [0.05, 0.1) is 6.61 Å². The summed E-state index contributed by atoms with van der Waals surface area (Å²) < 4.78 is 37.4. The van der Waals surface area contributed by atoms with Crippen molar-refractivity contribution in [2.75, 3.05) is 19.7 Å². The lowest BCUT2D eigenvalue weighted by atomic mass is 10.3. The molecule has 1 aliphatic rings. The Morgan fingerprint density at radius 2 is 2.10 bits per heavy atom. The standard InChI is InChI=1S/C19H20N4O5S2/c24-19(17-15(7-12-29-17)30(25,26)23-9-1-2-10-23)27-11-4-6-16-21-18(22-28-16)14-5-3-8-20-13-14/h3,5,7-8,12-13H,1-2,4,6,9-11H2. The first-order chi connectivity index (χ1) is 14.6. The maximum Gasteiger partial charge on any atom is 0.349 e. The van der Waals surface area contributed by atoms with Crippen molar-refractivity contribution in [3.8, 4) is 11.4 Å². The van der Waals surface area contributed by atoms with Crippen LogP contribution in [0.4, 0.5) is 0 Å². The molecule has 0 N–H and O–H groups in total. The van der Waals surface area contributed by atoms with Gasteiger partial charge in [0.25, 0.3) is 0 Å². The maximum absolute atomic E-state index is 12.7. The van der Waals surface area contributed by atoms with E-state index >= 15 is 0 Å². The van der Waals surface area contributed by atoms with Crippen LogP contribution in [0.5, 0.6) is 0 Å². The molecule has 1 saturated heterocycles. The lowest BCUT2D eigenvalue weighted by Crippen LogP contribution is -2.28. The van der Waals surface area contributed by atoms with Crippen molar-refractivity contribution in [3.63, 3.8) is 0 Å². The zero-order chi connectivity index (χ0) is 21.0. The van der Waals surface area contributed by atoms with E-state index < -0.39 is 16.0 Å². The summed E-state index contributed by atoms with van der Waals surface area (Å²) in [7, 11) is -3.66. The van der Waals surface area contributed by atoms with E-state index in [-0.39, 0.29) is 16.4 Å². The van der Waals surface area contributed by atoms with Crippen LogP contribution in [-0.2, 0) is 21.2 Å². The van der Waals surface area contributed by atoms with Crippen molar-refractivity contribution in [2.45, 2.75) is 30.6 Å². The summed E-state index contributed by atoms with van der Waals surface area (Å²) in [5.74, 6) is 0.244. The molecule has 0 bridgehead atoms. The van der Waals surface area contributed by atoms with E-state index in [1.165, 1.54) is 10.4 Å². The van der Waals surface area contributed by atoms with Crippen LogP contribution < -0.4 is 0 Å². The van der Waals surface area contributed by atoms with E-state index in [4.69, 9.17) is 9.26 Å². The smallest absolute Gasteiger partial charge is 0.349 e. The van der Waals surface area contributed by atoms with Gasteiger partial charge in [-0.25, -0.2) is 13.2 Å². The number of aryl methyl sites for hydroxylation is 1. The molecule has 0 radical (unpaired) electrons. The second kappa shape index (κ2) is 9.02.